The lowest BCUT2D eigenvalue weighted by molar-refractivity contribution is 0.102. The SMILES string of the molecule is CC(C)Oc1ccc2c(C(=O)Nc3nc4ccc(F)cc4s3)cc(=O)oc2c1. The van der Waals surface area contributed by atoms with E-state index in [1.807, 2.05) is 13.8 Å². The summed E-state index contributed by atoms with van der Waals surface area (Å²) in [5, 5.41) is 3.45. The predicted octanol–water partition coefficient (Wildman–Crippen LogP) is 4.58. The monoisotopic (exact) mass is 398 g/mol. The number of thiazole rings is 1. The van der Waals surface area contributed by atoms with Crippen molar-refractivity contribution in [2.75, 3.05) is 5.32 Å². The van der Waals surface area contributed by atoms with E-state index in [1.54, 1.807) is 24.3 Å². The third-order valence-corrected chi connectivity index (χ3v) is 4.84. The van der Waals surface area contributed by atoms with Crippen molar-refractivity contribution in [3.05, 3.63) is 64.3 Å². The molecule has 28 heavy (non-hydrogen) atoms. The molecule has 0 atom stereocenters. The smallest absolute Gasteiger partial charge is 0.337 e. The van der Waals surface area contributed by atoms with E-state index >= 15 is 0 Å². The highest BCUT2D eigenvalue weighted by Crippen LogP contribution is 2.28. The summed E-state index contributed by atoms with van der Waals surface area (Å²) in [6.07, 6.45) is -0.0421. The zero-order chi connectivity index (χ0) is 19.8. The van der Waals surface area contributed by atoms with Crippen LogP contribution in [0.4, 0.5) is 9.52 Å². The van der Waals surface area contributed by atoms with Crippen molar-refractivity contribution in [3.63, 3.8) is 0 Å². The molecule has 0 aliphatic carbocycles. The molecule has 4 rings (SSSR count). The van der Waals surface area contributed by atoms with Crippen LogP contribution in [0.25, 0.3) is 21.2 Å². The number of hydrogen-bond acceptors (Lipinski definition) is 6. The number of benzene rings is 2. The average molecular weight is 398 g/mol. The van der Waals surface area contributed by atoms with Gasteiger partial charge < -0.3 is 9.15 Å². The average Bonchev–Trinajstić information content (AvgIpc) is 3.01. The van der Waals surface area contributed by atoms with E-state index in [-0.39, 0.29) is 23.1 Å². The van der Waals surface area contributed by atoms with Gasteiger partial charge in [-0.1, -0.05) is 11.3 Å². The molecule has 2 aromatic carbocycles. The molecular weight excluding hydrogens is 383 g/mol. The number of carbonyl (C=O) groups excluding carboxylic acids is 1. The second-order valence-corrected chi connectivity index (χ2v) is 7.42. The fourth-order valence-corrected chi connectivity index (χ4v) is 3.68. The van der Waals surface area contributed by atoms with Crippen molar-refractivity contribution in [2.45, 2.75) is 20.0 Å². The van der Waals surface area contributed by atoms with Crippen LogP contribution in [-0.2, 0) is 0 Å². The fourth-order valence-electron chi connectivity index (χ4n) is 2.79. The number of halogens is 1. The minimum absolute atomic E-state index is 0.0421. The molecule has 2 aromatic heterocycles. The normalized spacial score (nSPS) is 11.3. The number of amides is 1. The molecule has 0 saturated heterocycles. The zero-order valence-corrected chi connectivity index (χ0v) is 15.8. The summed E-state index contributed by atoms with van der Waals surface area (Å²) >= 11 is 1.15. The number of anilines is 1. The van der Waals surface area contributed by atoms with Crippen LogP contribution < -0.4 is 15.7 Å². The van der Waals surface area contributed by atoms with Gasteiger partial charge in [0.15, 0.2) is 5.13 Å². The van der Waals surface area contributed by atoms with Crippen LogP contribution in [0.15, 0.2) is 51.7 Å². The highest BCUT2D eigenvalue weighted by molar-refractivity contribution is 7.22. The zero-order valence-electron chi connectivity index (χ0n) is 15.0. The van der Waals surface area contributed by atoms with Gasteiger partial charge in [0.1, 0.15) is 17.1 Å². The van der Waals surface area contributed by atoms with E-state index in [2.05, 4.69) is 10.3 Å². The minimum atomic E-state index is -0.647. The summed E-state index contributed by atoms with van der Waals surface area (Å²) in [5.41, 5.74) is 0.343. The highest BCUT2D eigenvalue weighted by Gasteiger charge is 2.16. The van der Waals surface area contributed by atoms with Crippen LogP contribution in [0.2, 0.25) is 0 Å². The van der Waals surface area contributed by atoms with Gasteiger partial charge in [-0.15, -0.1) is 0 Å². The van der Waals surface area contributed by atoms with E-state index < -0.39 is 11.5 Å². The Morgan fingerprint density at radius 3 is 2.82 bits per heavy atom. The van der Waals surface area contributed by atoms with E-state index in [1.165, 1.54) is 12.1 Å². The molecule has 8 heteroatoms. The summed E-state index contributed by atoms with van der Waals surface area (Å²) in [5.74, 6) is -0.341. The number of nitrogens with one attached hydrogen (secondary N) is 1. The highest BCUT2D eigenvalue weighted by atomic mass is 32.1. The molecule has 0 spiro atoms. The van der Waals surface area contributed by atoms with Gasteiger partial charge in [-0.25, -0.2) is 14.2 Å². The topological polar surface area (TPSA) is 81.4 Å². The van der Waals surface area contributed by atoms with Crippen molar-refractivity contribution >= 4 is 43.6 Å². The van der Waals surface area contributed by atoms with Gasteiger partial charge >= 0.3 is 5.63 Å². The van der Waals surface area contributed by atoms with E-state index in [9.17, 15) is 14.0 Å². The first kappa shape index (κ1) is 18.1. The summed E-state index contributed by atoms with van der Waals surface area (Å²) < 4.78 is 24.8. The molecular formula is C20H15FN2O4S. The molecule has 1 amide bonds. The van der Waals surface area contributed by atoms with Gasteiger partial charge in [0.2, 0.25) is 0 Å². The van der Waals surface area contributed by atoms with Crippen LogP contribution >= 0.6 is 11.3 Å². The van der Waals surface area contributed by atoms with Crippen LogP contribution in [0.3, 0.4) is 0 Å². The number of fused-ring (bicyclic) bond motifs is 2. The molecule has 0 aliphatic rings. The number of aromatic nitrogens is 1. The van der Waals surface area contributed by atoms with Gasteiger partial charge in [0.25, 0.3) is 5.91 Å². The standard InChI is InChI=1S/C20H15FN2O4S/c1-10(2)26-12-4-5-13-14(9-18(24)27-16(13)8-12)19(25)23-20-22-15-6-3-11(21)7-17(15)28-20/h3-10H,1-2H3,(H,22,23,25). The Kier molecular flexibility index (Phi) is 4.56. The van der Waals surface area contributed by atoms with Crippen molar-refractivity contribution in [1.82, 2.24) is 4.98 Å². The summed E-state index contributed by atoms with van der Waals surface area (Å²) in [6.45, 7) is 3.77. The van der Waals surface area contributed by atoms with Crippen LogP contribution in [0.5, 0.6) is 5.75 Å². The first-order valence-electron chi connectivity index (χ1n) is 8.51. The Morgan fingerprint density at radius 1 is 1.21 bits per heavy atom. The Hall–Kier alpha value is -3.26. The summed E-state index contributed by atoms with van der Waals surface area (Å²) in [4.78, 5) is 29.0. The number of carbonyl (C=O) groups is 1. The number of nitrogens with zero attached hydrogens (tertiary/aromatic N) is 1. The quantitative estimate of drug-likeness (QED) is 0.509. The third-order valence-electron chi connectivity index (χ3n) is 3.90. The Labute approximate surface area is 162 Å². The molecule has 0 radical (unpaired) electrons. The fraction of sp³-hybridized carbons (Fsp3) is 0.150. The Balaban J connectivity index is 1.70. The molecule has 0 saturated carbocycles. The van der Waals surface area contributed by atoms with E-state index in [0.29, 0.717) is 26.5 Å². The molecule has 0 fully saturated rings. The van der Waals surface area contributed by atoms with Crippen molar-refractivity contribution in [1.29, 1.82) is 0 Å². The van der Waals surface area contributed by atoms with Gasteiger partial charge in [-0.3, -0.25) is 10.1 Å². The Bertz CT molecular complexity index is 1260. The summed E-state index contributed by atoms with van der Waals surface area (Å²) in [6, 6.07) is 10.3. The van der Waals surface area contributed by atoms with Crippen molar-refractivity contribution < 1.29 is 18.3 Å². The maximum Gasteiger partial charge on any atom is 0.337 e. The maximum atomic E-state index is 13.3. The maximum absolute atomic E-state index is 13.3. The van der Waals surface area contributed by atoms with Crippen LogP contribution in [-0.4, -0.2) is 17.0 Å². The summed E-state index contributed by atoms with van der Waals surface area (Å²) in [7, 11) is 0. The van der Waals surface area contributed by atoms with Gasteiger partial charge in [0, 0.05) is 17.5 Å². The van der Waals surface area contributed by atoms with E-state index in [0.717, 1.165) is 17.4 Å². The van der Waals surface area contributed by atoms with Crippen LogP contribution in [0, 0.1) is 5.82 Å². The van der Waals surface area contributed by atoms with Gasteiger partial charge in [-0.05, 0) is 44.2 Å². The predicted molar refractivity (Wildman–Crippen MR) is 106 cm³/mol. The number of rotatable bonds is 4. The van der Waals surface area contributed by atoms with Gasteiger partial charge in [0.05, 0.1) is 21.9 Å². The van der Waals surface area contributed by atoms with E-state index in [4.69, 9.17) is 9.15 Å². The molecule has 1 N–H and O–H groups in total. The lowest BCUT2D eigenvalue weighted by atomic mass is 10.1. The molecule has 0 bridgehead atoms. The Morgan fingerprint density at radius 2 is 2.04 bits per heavy atom. The second kappa shape index (κ2) is 7.05. The lowest BCUT2D eigenvalue weighted by Gasteiger charge is -2.11. The number of ether oxygens (including phenoxy) is 1. The molecule has 4 aromatic rings. The van der Waals surface area contributed by atoms with Gasteiger partial charge in [-0.2, -0.15) is 0 Å². The molecule has 2 heterocycles. The lowest BCUT2D eigenvalue weighted by Crippen LogP contribution is -2.15. The van der Waals surface area contributed by atoms with Crippen molar-refractivity contribution in [3.8, 4) is 5.75 Å². The first-order chi connectivity index (χ1) is 13.4. The molecule has 142 valence electrons. The minimum Gasteiger partial charge on any atom is -0.491 e. The van der Waals surface area contributed by atoms with Crippen molar-refractivity contribution in [2.24, 2.45) is 0 Å². The molecule has 0 aliphatic heterocycles. The molecule has 6 nitrogen and oxygen atoms in total. The third kappa shape index (κ3) is 3.59. The van der Waals surface area contributed by atoms with Crippen LogP contribution in [0.1, 0.15) is 24.2 Å². The largest absolute Gasteiger partial charge is 0.491 e. The number of hydrogen-bond donors (Lipinski definition) is 1. The second-order valence-electron chi connectivity index (χ2n) is 6.39. The molecule has 0 unspecified atom stereocenters. The first-order valence-corrected chi connectivity index (χ1v) is 9.33.